The molecule has 0 heterocycles. The molecule has 112 valence electrons. The molecule has 2 amide bonds. The lowest BCUT2D eigenvalue weighted by Gasteiger charge is -2.08. The van der Waals surface area contributed by atoms with Crippen LogP contribution < -0.4 is 10.9 Å². The number of nitrogens with one attached hydrogen (secondary N) is 2. The Hall–Kier alpha value is -2.69. The zero-order valence-electron chi connectivity index (χ0n) is 11.8. The predicted molar refractivity (Wildman–Crippen MR) is 79.3 cm³/mol. The maximum Gasteiger partial charge on any atom is 0.272 e. The third kappa shape index (κ3) is 2.98. The van der Waals surface area contributed by atoms with Gasteiger partial charge in [-0.1, -0.05) is 42.5 Å². The average Bonchev–Trinajstić information content (AvgIpc) is 3.34. The van der Waals surface area contributed by atoms with E-state index in [-0.39, 0.29) is 23.3 Å². The summed E-state index contributed by atoms with van der Waals surface area (Å²) in [4.78, 5) is 23.8. The van der Waals surface area contributed by atoms with Crippen LogP contribution in [-0.4, -0.2) is 11.8 Å². The lowest BCUT2D eigenvalue weighted by atomic mass is 10.1. The smallest absolute Gasteiger partial charge is 0.272 e. The molecule has 0 saturated heterocycles. The van der Waals surface area contributed by atoms with E-state index in [0.29, 0.717) is 0 Å². The molecule has 1 aliphatic rings. The van der Waals surface area contributed by atoms with Crippen LogP contribution in [0, 0.1) is 11.7 Å². The number of hydrazine groups is 1. The highest BCUT2D eigenvalue weighted by atomic mass is 19.1. The Morgan fingerprint density at radius 3 is 2.36 bits per heavy atom. The molecule has 5 heteroatoms. The molecular weight excluding hydrogens is 283 g/mol. The normalized spacial score (nSPS) is 19.3. The minimum absolute atomic E-state index is 0.0989. The molecule has 1 saturated carbocycles. The van der Waals surface area contributed by atoms with Gasteiger partial charge in [0, 0.05) is 5.92 Å². The Balaban J connectivity index is 1.54. The van der Waals surface area contributed by atoms with Crippen LogP contribution in [-0.2, 0) is 4.79 Å². The first-order chi connectivity index (χ1) is 10.7. The van der Waals surface area contributed by atoms with Crippen LogP contribution >= 0.6 is 0 Å². The Kier molecular flexibility index (Phi) is 3.87. The molecule has 1 fully saturated rings. The highest BCUT2D eigenvalue weighted by molar-refractivity contribution is 5.96. The van der Waals surface area contributed by atoms with E-state index in [9.17, 15) is 14.0 Å². The fourth-order valence-corrected chi connectivity index (χ4v) is 2.48. The Bertz CT molecular complexity index is 703. The van der Waals surface area contributed by atoms with Crippen molar-refractivity contribution in [3.63, 3.8) is 0 Å². The zero-order valence-corrected chi connectivity index (χ0v) is 11.8. The lowest BCUT2D eigenvalue weighted by Crippen LogP contribution is -2.42. The number of hydrogen-bond donors (Lipinski definition) is 2. The number of hydrogen-bond acceptors (Lipinski definition) is 2. The molecule has 0 spiro atoms. The van der Waals surface area contributed by atoms with Gasteiger partial charge in [-0.2, -0.15) is 0 Å². The number of amides is 2. The van der Waals surface area contributed by atoms with Crippen LogP contribution in [0.5, 0.6) is 0 Å². The van der Waals surface area contributed by atoms with Gasteiger partial charge < -0.3 is 0 Å². The molecule has 0 radical (unpaired) electrons. The van der Waals surface area contributed by atoms with Crippen molar-refractivity contribution in [1.82, 2.24) is 10.9 Å². The van der Waals surface area contributed by atoms with Crippen molar-refractivity contribution in [3.8, 4) is 0 Å². The lowest BCUT2D eigenvalue weighted by molar-refractivity contribution is -0.123. The van der Waals surface area contributed by atoms with E-state index >= 15 is 0 Å². The first-order valence-electron chi connectivity index (χ1n) is 7.06. The Morgan fingerprint density at radius 2 is 1.64 bits per heavy atom. The molecule has 2 aromatic rings. The standard InChI is InChI=1S/C17H15FN2O2/c18-15-9-5-4-8-12(15)16(21)19-20-17(22)14-10-13(14)11-6-2-1-3-7-11/h1-9,13-14H,10H2,(H,19,21)(H,20,22)/t13-,14+/m1/s1. The van der Waals surface area contributed by atoms with Crippen LogP contribution in [0.3, 0.4) is 0 Å². The van der Waals surface area contributed by atoms with Crippen LogP contribution in [0.2, 0.25) is 0 Å². The van der Waals surface area contributed by atoms with Crippen molar-refractivity contribution in [2.45, 2.75) is 12.3 Å². The quantitative estimate of drug-likeness (QED) is 0.855. The van der Waals surface area contributed by atoms with Crippen LogP contribution in [0.4, 0.5) is 4.39 Å². The molecule has 0 bridgehead atoms. The summed E-state index contributed by atoms with van der Waals surface area (Å²) in [5.41, 5.74) is 5.63. The van der Waals surface area contributed by atoms with E-state index < -0.39 is 11.7 Å². The van der Waals surface area contributed by atoms with E-state index in [1.165, 1.54) is 18.2 Å². The molecule has 1 aliphatic carbocycles. The van der Waals surface area contributed by atoms with E-state index in [0.717, 1.165) is 12.0 Å². The van der Waals surface area contributed by atoms with Gasteiger partial charge in [0.1, 0.15) is 5.82 Å². The van der Waals surface area contributed by atoms with Crippen LogP contribution in [0.15, 0.2) is 54.6 Å². The Morgan fingerprint density at radius 1 is 0.955 bits per heavy atom. The summed E-state index contributed by atoms with van der Waals surface area (Å²) >= 11 is 0. The summed E-state index contributed by atoms with van der Waals surface area (Å²) in [6, 6.07) is 15.4. The molecular formula is C17H15FN2O2. The molecule has 0 aromatic heterocycles. The maximum absolute atomic E-state index is 13.4. The van der Waals surface area contributed by atoms with Gasteiger partial charge in [0.05, 0.1) is 5.56 Å². The van der Waals surface area contributed by atoms with Crippen molar-refractivity contribution in [3.05, 3.63) is 71.5 Å². The van der Waals surface area contributed by atoms with Gasteiger partial charge in [0.2, 0.25) is 5.91 Å². The molecule has 22 heavy (non-hydrogen) atoms. The molecule has 3 rings (SSSR count). The van der Waals surface area contributed by atoms with E-state index in [1.807, 2.05) is 30.3 Å². The number of carbonyl (C=O) groups excluding carboxylic acids is 2. The monoisotopic (exact) mass is 298 g/mol. The van der Waals surface area contributed by atoms with Gasteiger partial charge in [0.15, 0.2) is 0 Å². The largest absolute Gasteiger partial charge is 0.273 e. The SMILES string of the molecule is O=C(NNC(=O)[C@H]1C[C@@H]1c1ccccc1)c1ccccc1F. The number of rotatable bonds is 3. The van der Waals surface area contributed by atoms with E-state index in [4.69, 9.17) is 0 Å². The second-order valence-corrected chi connectivity index (χ2v) is 5.28. The summed E-state index contributed by atoms with van der Waals surface area (Å²) in [6.45, 7) is 0. The van der Waals surface area contributed by atoms with Gasteiger partial charge in [-0.05, 0) is 30.0 Å². The zero-order chi connectivity index (χ0) is 15.5. The Labute approximate surface area is 127 Å². The van der Waals surface area contributed by atoms with Crippen molar-refractivity contribution >= 4 is 11.8 Å². The second-order valence-electron chi connectivity index (χ2n) is 5.28. The molecule has 2 atom stereocenters. The number of carbonyl (C=O) groups is 2. The summed E-state index contributed by atoms with van der Waals surface area (Å²) in [6.07, 6.45) is 0.755. The van der Waals surface area contributed by atoms with Crippen molar-refractivity contribution in [2.75, 3.05) is 0 Å². The topological polar surface area (TPSA) is 58.2 Å². The second kappa shape index (κ2) is 5.97. The highest BCUT2D eigenvalue weighted by Crippen LogP contribution is 2.47. The van der Waals surface area contributed by atoms with E-state index in [2.05, 4.69) is 10.9 Å². The van der Waals surface area contributed by atoms with E-state index in [1.54, 1.807) is 6.07 Å². The molecule has 2 N–H and O–H groups in total. The maximum atomic E-state index is 13.4. The first-order valence-corrected chi connectivity index (χ1v) is 7.06. The number of halogens is 1. The summed E-state index contributed by atoms with van der Waals surface area (Å²) < 4.78 is 13.4. The number of benzene rings is 2. The van der Waals surface area contributed by atoms with Crippen molar-refractivity contribution < 1.29 is 14.0 Å². The molecule has 4 nitrogen and oxygen atoms in total. The molecule has 0 aliphatic heterocycles. The highest BCUT2D eigenvalue weighted by Gasteiger charge is 2.43. The van der Waals surface area contributed by atoms with Gasteiger partial charge in [-0.25, -0.2) is 4.39 Å². The predicted octanol–water partition coefficient (Wildman–Crippen LogP) is 2.39. The van der Waals surface area contributed by atoms with Crippen molar-refractivity contribution in [2.24, 2.45) is 5.92 Å². The summed E-state index contributed by atoms with van der Waals surface area (Å²) in [5.74, 6) is -1.50. The average molecular weight is 298 g/mol. The minimum atomic E-state index is -0.664. The third-order valence-corrected chi connectivity index (χ3v) is 3.77. The van der Waals surface area contributed by atoms with Gasteiger partial charge in [-0.3, -0.25) is 20.4 Å². The summed E-state index contributed by atoms with van der Waals surface area (Å²) in [5, 5.41) is 0. The van der Waals surface area contributed by atoms with Crippen LogP contribution in [0.25, 0.3) is 0 Å². The van der Waals surface area contributed by atoms with Gasteiger partial charge in [0.25, 0.3) is 5.91 Å². The van der Waals surface area contributed by atoms with Gasteiger partial charge in [-0.15, -0.1) is 0 Å². The molecule has 0 unspecified atom stereocenters. The van der Waals surface area contributed by atoms with Crippen LogP contribution in [0.1, 0.15) is 28.3 Å². The first kappa shape index (κ1) is 14.3. The fraction of sp³-hybridized carbons (Fsp3) is 0.176. The van der Waals surface area contributed by atoms with Gasteiger partial charge >= 0.3 is 0 Å². The summed E-state index contributed by atoms with van der Waals surface area (Å²) in [7, 11) is 0. The van der Waals surface area contributed by atoms with Crippen molar-refractivity contribution in [1.29, 1.82) is 0 Å². The molecule has 2 aromatic carbocycles. The third-order valence-electron chi connectivity index (χ3n) is 3.77. The minimum Gasteiger partial charge on any atom is -0.273 e. The fourth-order valence-electron chi connectivity index (χ4n) is 2.48.